The monoisotopic (exact) mass is 239 g/mol. The van der Waals surface area contributed by atoms with Crippen LogP contribution in [-0.2, 0) is 4.74 Å². The molecule has 2 aliphatic rings. The minimum absolute atomic E-state index is 0.792. The van der Waals surface area contributed by atoms with Crippen LogP contribution in [0.4, 0.5) is 0 Å². The van der Waals surface area contributed by atoms with Crippen LogP contribution in [0.15, 0.2) is 0 Å². The van der Waals surface area contributed by atoms with Crippen molar-refractivity contribution in [3.63, 3.8) is 0 Å². The Morgan fingerprint density at radius 3 is 2.53 bits per heavy atom. The van der Waals surface area contributed by atoms with E-state index in [1.54, 1.807) is 0 Å². The summed E-state index contributed by atoms with van der Waals surface area (Å²) in [5.74, 6) is 1.85. The van der Waals surface area contributed by atoms with Crippen molar-refractivity contribution in [1.29, 1.82) is 0 Å². The standard InChI is InChI=1S/C15H29NO/c1-2-10-16-15-7-5-3-4-6-14(15)13-8-11-17-12-9-13/h13-16H,2-12H2,1H3. The number of hydrogen-bond acceptors (Lipinski definition) is 2. The zero-order chi connectivity index (χ0) is 11.9. The Morgan fingerprint density at radius 2 is 1.76 bits per heavy atom. The largest absolute Gasteiger partial charge is 0.381 e. The Labute approximate surface area is 107 Å². The van der Waals surface area contributed by atoms with Gasteiger partial charge in [-0.05, 0) is 50.5 Å². The lowest BCUT2D eigenvalue weighted by Gasteiger charge is -2.35. The van der Waals surface area contributed by atoms with Crippen LogP contribution in [0.3, 0.4) is 0 Å². The lowest BCUT2D eigenvalue weighted by Crippen LogP contribution is -2.41. The van der Waals surface area contributed by atoms with Gasteiger partial charge in [-0.25, -0.2) is 0 Å². The molecule has 1 aliphatic carbocycles. The lowest BCUT2D eigenvalue weighted by atomic mass is 9.78. The summed E-state index contributed by atoms with van der Waals surface area (Å²) in [6.45, 7) is 5.47. The Hall–Kier alpha value is -0.0800. The number of hydrogen-bond donors (Lipinski definition) is 1. The van der Waals surface area contributed by atoms with Crippen molar-refractivity contribution in [2.45, 2.75) is 64.3 Å². The molecule has 2 fully saturated rings. The summed E-state index contributed by atoms with van der Waals surface area (Å²) in [6.07, 6.45) is 11.0. The third-order valence-electron chi connectivity index (χ3n) is 4.60. The van der Waals surface area contributed by atoms with E-state index in [-0.39, 0.29) is 0 Å². The first-order valence-corrected chi connectivity index (χ1v) is 7.73. The molecule has 0 radical (unpaired) electrons. The molecule has 0 aromatic rings. The molecule has 17 heavy (non-hydrogen) atoms. The molecule has 1 saturated carbocycles. The Bertz CT molecular complexity index is 201. The normalized spacial score (nSPS) is 32.3. The molecule has 2 nitrogen and oxygen atoms in total. The van der Waals surface area contributed by atoms with Gasteiger partial charge < -0.3 is 10.1 Å². The molecular weight excluding hydrogens is 210 g/mol. The molecule has 1 heterocycles. The van der Waals surface area contributed by atoms with E-state index in [2.05, 4.69) is 12.2 Å². The molecule has 2 rings (SSSR count). The second-order valence-corrected chi connectivity index (χ2v) is 5.81. The van der Waals surface area contributed by atoms with Crippen molar-refractivity contribution in [2.24, 2.45) is 11.8 Å². The number of rotatable bonds is 4. The van der Waals surface area contributed by atoms with Crippen molar-refractivity contribution in [3.05, 3.63) is 0 Å². The van der Waals surface area contributed by atoms with Crippen LogP contribution in [0.25, 0.3) is 0 Å². The van der Waals surface area contributed by atoms with Gasteiger partial charge in [-0.3, -0.25) is 0 Å². The van der Waals surface area contributed by atoms with E-state index < -0.39 is 0 Å². The minimum atomic E-state index is 0.792. The first-order valence-electron chi connectivity index (χ1n) is 7.73. The third kappa shape index (κ3) is 3.96. The Kier molecular flexibility index (Phi) is 5.79. The van der Waals surface area contributed by atoms with E-state index in [1.807, 2.05) is 0 Å². The molecule has 1 aliphatic heterocycles. The van der Waals surface area contributed by atoms with Crippen molar-refractivity contribution in [1.82, 2.24) is 5.32 Å². The van der Waals surface area contributed by atoms with Gasteiger partial charge in [0.1, 0.15) is 0 Å². The van der Waals surface area contributed by atoms with Crippen LogP contribution >= 0.6 is 0 Å². The summed E-state index contributed by atoms with van der Waals surface area (Å²) >= 11 is 0. The molecule has 100 valence electrons. The topological polar surface area (TPSA) is 21.3 Å². The van der Waals surface area contributed by atoms with Gasteiger partial charge in [-0.15, -0.1) is 0 Å². The van der Waals surface area contributed by atoms with Crippen LogP contribution < -0.4 is 5.32 Å². The maximum Gasteiger partial charge on any atom is 0.0468 e. The molecule has 0 amide bonds. The van der Waals surface area contributed by atoms with Gasteiger partial charge in [0.2, 0.25) is 0 Å². The molecule has 2 atom stereocenters. The van der Waals surface area contributed by atoms with E-state index in [0.717, 1.165) is 31.1 Å². The van der Waals surface area contributed by atoms with Crippen LogP contribution in [-0.4, -0.2) is 25.8 Å². The summed E-state index contributed by atoms with van der Waals surface area (Å²) in [5.41, 5.74) is 0. The predicted octanol–water partition coefficient (Wildman–Crippen LogP) is 3.36. The fraction of sp³-hybridized carbons (Fsp3) is 1.00. The highest BCUT2D eigenvalue weighted by molar-refractivity contribution is 4.85. The first kappa shape index (κ1) is 13.4. The van der Waals surface area contributed by atoms with E-state index in [1.165, 1.54) is 57.9 Å². The summed E-state index contributed by atoms with van der Waals surface area (Å²) in [5, 5.41) is 3.82. The average Bonchev–Trinajstić information content (AvgIpc) is 2.62. The number of nitrogens with one attached hydrogen (secondary N) is 1. The minimum Gasteiger partial charge on any atom is -0.381 e. The summed E-state index contributed by atoms with van der Waals surface area (Å²) in [6, 6.07) is 0.792. The zero-order valence-corrected chi connectivity index (χ0v) is 11.4. The molecule has 2 heteroatoms. The molecule has 0 aromatic carbocycles. The average molecular weight is 239 g/mol. The van der Waals surface area contributed by atoms with Crippen molar-refractivity contribution < 1.29 is 4.74 Å². The van der Waals surface area contributed by atoms with E-state index in [0.29, 0.717) is 0 Å². The molecule has 0 spiro atoms. The van der Waals surface area contributed by atoms with Gasteiger partial charge in [0.25, 0.3) is 0 Å². The quantitative estimate of drug-likeness (QED) is 0.760. The van der Waals surface area contributed by atoms with Crippen molar-refractivity contribution in [3.8, 4) is 0 Å². The highest BCUT2D eigenvalue weighted by Crippen LogP contribution is 2.34. The van der Waals surface area contributed by atoms with E-state index >= 15 is 0 Å². The van der Waals surface area contributed by atoms with Gasteiger partial charge >= 0.3 is 0 Å². The fourth-order valence-corrected chi connectivity index (χ4v) is 3.63. The molecule has 2 unspecified atom stereocenters. The van der Waals surface area contributed by atoms with E-state index in [9.17, 15) is 0 Å². The second kappa shape index (κ2) is 7.38. The third-order valence-corrected chi connectivity index (χ3v) is 4.60. The Balaban J connectivity index is 1.92. The summed E-state index contributed by atoms with van der Waals surface area (Å²) in [7, 11) is 0. The van der Waals surface area contributed by atoms with Crippen molar-refractivity contribution in [2.75, 3.05) is 19.8 Å². The second-order valence-electron chi connectivity index (χ2n) is 5.81. The molecule has 0 aromatic heterocycles. The van der Waals surface area contributed by atoms with Gasteiger partial charge in [-0.1, -0.05) is 26.2 Å². The fourth-order valence-electron chi connectivity index (χ4n) is 3.63. The highest BCUT2D eigenvalue weighted by atomic mass is 16.5. The molecular formula is C15H29NO. The molecule has 1 N–H and O–H groups in total. The van der Waals surface area contributed by atoms with Crippen LogP contribution in [0.5, 0.6) is 0 Å². The first-order chi connectivity index (χ1) is 8.42. The molecule has 1 saturated heterocycles. The van der Waals surface area contributed by atoms with Crippen LogP contribution in [0.2, 0.25) is 0 Å². The molecule has 0 bridgehead atoms. The predicted molar refractivity (Wildman–Crippen MR) is 72.2 cm³/mol. The van der Waals surface area contributed by atoms with Crippen LogP contribution in [0.1, 0.15) is 58.3 Å². The van der Waals surface area contributed by atoms with Gasteiger partial charge in [0, 0.05) is 19.3 Å². The van der Waals surface area contributed by atoms with E-state index in [4.69, 9.17) is 4.74 Å². The SMILES string of the molecule is CCCNC1CCCCCC1C1CCOCC1. The van der Waals surface area contributed by atoms with Gasteiger partial charge in [-0.2, -0.15) is 0 Å². The zero-order valence-electron chi connectivity index (χ0n) is 11.4. The summed E-state index contributed by atoms with van der Waals surface area (Å²) < 4.78 is 5.52. The highest BCUT2D eigenvalue weighted by Gasteiger charge is 2.31. The maximum atomic E-state index is 5.52. The van der Waals surface area contributed by atoms with Crippen LogP contribution in [0, 0.1) is 11.8 Å². The van der Waals surface area contributed by atoms with Gasteiger partial charge in [0.15, 0.2) is 0 Å². The Morgan fingerprint density at radius 1 is 1.00 bits per heavy atom. The van der Waals surface area contributed by atoms with Crippen molar-refractivity contribution >= 4 is 0 Å². The van der Waals surface area contributed by atoms with Gasteiger partial charge in [0.05, 0.1) is 0 Å². The smallest absolute Gasteiger partial charge is 0.0468 e. The summed E-state index contributed by atoms with van der Waals surface area (Å²) in [4.78, 5) is 0. The maximum absolute atomic E-state index is 5.52. The lowest BCUT2D eigenvalue weighted by molar-refractivity contribution is 0.0370. The number of ether oxygens (including phenoxy) is 1.